The molecule has 33 heavy (non-hydrogen) atoms. The Labute approximate surface area is 192 Å². The Morgan fingerprint density at radius 1 is 1.06 bits per heavy atom. The lowest BCUT2D eigenvalue weighted by Gasteiger charge is -2.18. The van der Waals surface area contributed by atoms with Crippen LogP contribution in [0.4, 0.5) is 11.4 Å². The van der Waals surface area contributed by atoms with E-state index in [0.29, 0.717) is 5.71 Å². The largest absolute Gasteiger partial charge is 0.497 e. The van der Waals surface area contributed by atoms with Gasteiger partial charge in [0.25, 0.3) is 5.69 Å². The number of anilines is 1. The van der Waals surface area contributed by atoms with E-state index in [2.05, 4.69) is 10.5 Å². The molecule has 0 aliphatic rings. The topological polar surface area (TPSA) is 114 Å². The Morgan fingerprint density at radius 2 is 1.73 bits per heavy atom. The molecule has 9 nitrogen and oxygen atoms in total. The van der Waals surface area contributed by atoms with E-state index in [0.717, 1.165) is 28.2 Å². The third-order valence-corrected chi connectivity index (χ3v) is 7.36. The Hall–Kier alpha value is -3.50. The number of benzene rings is 3. The Balaban J connectivity index is 1.91. The van der Waals surface area contributed by atoms with Crippen molar-refractivity contribution in [2.45, 2.75) is 25.7 Å². The van der Waals surface area contributed by atoms with Gasteiger partial charge < -0.3 is 4.74 Å². The van der Waals surface area contributed by atoms with E-state index in [1.807, 2.05) is 36.4 Å². The number of fused-ring (bicyclic) bond motifs is 1. The number of nitrogens with zero attached hydrogens (tertiary/aromatic N) is 3. The Kier molecular flexibility index (Phi) is 7.29. The summed E-state index contributed by atoms with van der Waals surface area (Å²) in [6.07, 6.45) is 0. The van der Waals surface area contributed by atoms with Crippen LogP contribution in [-0.4, -0.2) is 43.6 Å². The number of ether oxygens (including phenoxy) is 1. The highest BCUT2D eigenvalue weighted by Crippen LogP contribution is 2.29. The van der Waals surface area contributed by atoms with Crippen molar-refractivity contribution in [1.29, 1.82) is 0 Å². The van der Waals surface area contributed by atoms with Crippen molar-refractivity contribution in [2.24, 2.45) is 5.10 Å². The van der Waals surface area contributed by atoms with Crippen LogP contribution in [0, 0.1) is 10.1 Å². The van der Waals surface area contributed by atoms with Crippen LogP contribution in [-0.2, 0) is 10.0 Å². The predicted octanol–water partition coefficient (Wildman–Crippen LogP) is 4.62. The summed E-state index contributed by atoms with van der Waals surface area (Å²) in [5.41, 5.74) is 3.89. The normalized spacial score (nSPS) is 12.2. The lowest BCUT2D eigenvalue weighted by atomic mass is 10.0. The molecule has 10 heteroatoms. The fraction of sp³-hybridized carbons (Fsp3) is 0.261. The summed E-state index contributed by atoms with van der Waals surface area (Å²) >= 11 is 0. The van der Waals surface area contributed by atoms with Crippen LogP contribution in [0.5, 0.6) is 5.75 Å². The third-order valence-electron chi connectivity index (χ3n) is 5.32. The van der Waals surface area contributed by atoms with E-state index in [4.69, 9.17) is 4.74 Å². The zero-order valence-electron chi connectivity index (χ0n) is 18.9. The van der Waals surface area contributed by atoms with Crippen molar-refractivity contribution in [1.82, 2.24) is 4.31 Å². The first-order chi connectivity index (χ1) is 15.7. The molecular weight excluding hydrogens is 444 g/mol. The highest BCUT2D eigenvalue weighted by atomic mass is 32.2. The number of nitrogens with one attached hydrogen (secondary N) is 1. The van der Waals surface area contributed by atoms with Crippen molar-refractivity contribution in [3.05, 3.63) is 70.3 Å². The first-order valence-electron chi connectivity index (χ1n) is 10.4. The van der Waals surface area contributed by atoms with Crippen LogP contribution in [0.1, 0.15) is 26.3 Å². The molecule has 1 N–H and O–H groups in total. The molecule has 0 unspecified atom stereocenters. The van der Waals surface area contributed by atoms with Crippen LogP contribution in [0.3, 0.4) is 0 Å². The minimum Gasteiger partial charge on any atom is -0.497 e. The van der Waals surface area contributed by atoms with Gasteiger partial charge in [-0.15, -0.1) is 0 Å². The molecule has 3 aromatic carbocycles. The number of hydrogen-bond acceptors (Lipinski definition) is 7. The van der Waals surface area contributed by atoms with E-state index < -0.39 is 14.9 Å². The van der Waals surface area contributed by atoms with Gasteiger partial charge in [0.15, 0.2) is 0 Å². The summed E-state index contributed by atoms with van der Waals surface area (Å²) < 4.78 is 31.9. The van der Waals surface area contributed by atoms with Crippen LogP contribution < -0.4 is 10.2 Å². The molecule has 0 spiro atoms. The molecule has 3 rings (SSSR count). The SMILES string of the molecule is CCN(CC)S(=O)(=O)c1ccc(N/N=C(\C)c2ccc3cc(OC)ccc3c2)c([N+](=O)[O-])c1. The molecule has 0 aromatic heterocycles. The molecule has 0 radical (unpaired) electrons. The standard InChI is InChI=1S/C23H26N4O5S/c1-5-26(6-2)33(30,31)21-11-12-22(23(15-21)27(28)29)25-24-16(3)17-7-8-19-14-20(32-4)10-9-18(19)13-17/h7-15,25H,5-6H2,1-4H3/b24-16+. The second-order valence-electron chi connectivity index (χ2n) is 7.26. The molecular formula is C23H26N4O5S. The monoisotopic (exact) mass is 470 g/mol. The molecule has 0 saturated carbocycles. The van der Waals surface area contributed by atoms with Gasteiger partial charge in [-0.25, -0.2) is 8.42 Å². The maximum atomic E-state index is 12.7. The molecule has 0 fully saturated rings. The van der Waals surface area contributed by atoms with E-state index in [-0.39, 0.29) is 29.4 Å². The van der Waals surface area contributed by atoms with Crippen molar-refractivity contribution < 1.29 is 18.1 Å². The average molecular weight is 471 g/mol. The zero-order chi connectivity index (χ0) is 24.2. The second kappa shape index (κ2) is 9.97. The summed E-state index contributed by atoms with van der Waals surface area (Å²) in [5, 5.41) is 17.9. The molecule has 0 aliphatic heterocycles. The Bertz CT molecular complexity index is 1320. The maximum Gasteiger partial charge on any atom is 0.295 e. The molecule has 0 heterocycles. The number of rotatable bonds is 9. The zero-order valence-corrected chi connectivity index (χ0v) is 19.7. The fourth-order valence-electron chi connectivity index (χ4n) is 3.41. The molecule has 0 aliphatic carbocycles. The number of nitro benzene ring substituents is 1. The molecule has 0 saturated heterocycles. The summed E-state index contributed by atoms with van der Waals surface area (Å²) in [5.74, 6) is 0.765. The van der Waals surface area contributed by atoms with Crippen LogP contribution in [0.15, 0.2) is 64.6 Å². The molecule has 0 atom stereocenters. The first-order valence-corrected chi connectivity index (χ1v) is 11.8. The highest BCUT2D eigenvalue weighted by Gasteiger charge is 2.25. The smallest absolute Gasteiger partial charge is 0.295 e. The predicted molar refractivity (Wildman–Crippen MR) is 130 cm³/mol. The van der Waals surface area contributed by atoms with Gasteiger partial charge in [-0.1, -0.05) is 32.0 Å². The van der Waals surface area contributed by atoms with Crippen LogP contribution in [0.25, 0.3) is 10.8 Å². The number of methoxy groups -OCH3 is 1. The van der Waals surface area contributed by atoms with Gasteiger partial charge in [-0.3, -0.25) is 15.5 Å². The van der Waals surface area contributed by atoms with Gasteiger partial charge in [-0.05, 0) is 53.6 Å². The van der Waals surface area contributed by atoms with Gasteiger partial charge in [-0.2, -0.15) is 9.41 Å². The summed E-state index contributed by atoms with van der Waals surface area (Å²) in [6, 6.07) is 15.3. The van der Waals surface area contributed by atoms with E-state index >= 15 is 0 Å². The van der Waals surface area contributed by atoms with E-state index in [9.17, 15) is 18.5 Å². The van der Waals surface area contributed by atoms with E-state index in [1.165, 1.54) is 16.4 Å². The lowest BCUT2D eigenvalue weighted by Crippen LogP contribution is -2.30. The van der Waals surface area contributed by atoms with Gasteiger partial charge in [0.1, 0.15) is 11.4 Å². The van der Waals surface area contributed by atoms with Crippen molar-refractivity contribution in [3.8, 4) is 5.75 Å². The Morgan fingerprint density at radius 3 is 2.36 bits per heavy atom. The van der Waals surface area contributed by atoms with Crippen molar-refractivity contribution >= 4 is 37.9 Å². The quantitative estimate of drug-likeness (QED) is 0.277. The van der Waals surface area contributed by atoms with Gasteiger partial charge >= 0.3 is 0 Å². The summed E-state index contributed by atoms with van der Waals surface area (Å²) in [4.78, 5) is 10.9. The van der Waals surface area contributed by atoms with Crippen LogP contribution in [0.2, 0.25) is 0 Å². The molecule has 3 aromatic rings. The number of hydrogen-bond donors (Lipinski definition) is 1. The molecule has 0 bridgehead atoms. The number of hydrazone groups is 1. The highest BCUT2D eigenvalue weighted by molar-refractivity contribution is 7.89. The van der Waals surface area contributed by atoms with Gasteiger partial charge in [0.2, 0.25) is 10.0 Å². The molecule has 174 valence electrons. The summed E-state index contributed by atoms with van der Waals surface area (Å²) in [7, 11) is -2.20. The van der Waals surface area contributed by atoms with Gasteiger partial charge in [0.05, 0.1) is 22.6 Å². The minimum atomic E-state index is -3.82. The fourth-order valence-corrected chi connectivity index (χ4v) is 4.89. The van der Waals surface area contributed by atoms with Crippen molar-refractivity contribution in [2.75, 3.05) is 25.6 Å². The lowest BCUT2D eigenvalue weighted by molar-refractivity contribution is -0.384. The number of nitro groups is 1. The third kappa shape index (κ3) is 5.12. The van der Waals surface area contributed by atoms with E-state index in [1.54, 1.807) is 27.9 Å². The first kappa shape index (κ1) is 24.1. The van der Waals surface area contributed by atoms with Gasteiger partial charge in [0, 0.05) is 19.2 Å². The minimum absolute atomic E-state index is 0.100. The van der Waals surface area contributed by atoms with Crippen molar-refractivity contribution in [3.63, 3.8) is 0 Å². The van der Waals surface area contributed by atoms with Crippen LogP contribution >= 0.6 is 0 Å². The number of sulfonamides is 1. The second-order valence-corrected chi connectivity index (χ2v) is 9.20. The maximum absolute atomic E-state index is 12.7. The average Bonchev–Trinajstić information content (AvgIpc) is 2.82. The summed E-state index contributed by atoms with van der Waals surface area (Å²) in [6.45, 7) is 5.75. The molecule has 0 amide bonds.